The molecule has 0 spiro atoms. The largest absolute Gasteiger partial charge is 0.328 e. The van der Waals surface area contributed by atoms with Gasteiger partial charge in [0.05, 0.1) is 0 Å². The number of hydrogen-bond acceptors (Lipinski definition) is 3. The molecule has 0 fully saturated rings. The maximum Gasteiger partial charge on any atom is 0.00692 e. The summed E-state index contributed by atoms with van der Waals surface area (Å²) in [4.78, 5) is 2.37. The Morgan fingerprint density at radius 2 is 2.00 bits per heavy atom. The van der Waals surface area contributed by atoms with Crippen LogP contribution in [0.25, 0.3) is 0 Å². The van der Waals surface area contributed by atoms with Gasteiger partial charge in [0, 0.05) is 18.3 Å². The zero-order valence-corrected chi connectivity index (χ0v) is 10.1. The molecule has 0 heterocycles. The van der Waals surface area contributed by atoms with Crippen LogP contribution in [-0.2, 0) is 0 Å². The molecule has 0 amide bonds. The molecule has 0 aromatic heterocycles. The molecule has 0 radical (unpaired) electrons. The minimum atomic E-state index is 0.404. The van der Waals surface area contributed by atoms with Crippen molar-refractivity contribution in [1.82, 2.24) is 4.90 Å². The third kappa shape index (κ3) is 8.60. The molecule has 1 atom stereocenters. The fourth-order valence-corrected chi connectivity index (χ4v) is 1.75. The van der Waals surface area contributed by atoms with Gasteiger partial charge >= 0.3 is 0 Å². The average Bonchev–Trinajstić information content (AvgIpc) is 2.12. The highest BCUT2D eigenvalue weighted by Gasteiger charge is 2.03. The lowest BCUT2D eigenvalue weighted by Crippen LogP contribution is -2.29. The smallest absolute Gasteiger partial charge is 0.00692 e. The summed E-state index contributed by atoms with van der Waals surface area (Å²) in [6, 6.07) is 0.404. The third-order valence-corrected chi connectivity index (χ3v) is 2.81. The van der Waals surface area contributed by atoms with E-state index in [2.05, 4.69) is 25.1 Å². The summed E-state index contributed by atoms with van der Waals surface area (Å²) in [5, 5.41) is 0. The molecule has 0 aliphatic carbocycles. The van der Waals surface area contributed by atoms with E-state index in [1.165, 1.54) is 18.7 Å². The van der Waals surface area contributed by atoms with Gasteiger partial charge in [0.25, 0.3) is 0 Å². The number of thioether (sulfide) groups is 1. The first-order chi connectivity index (χ1) is 6.20. The first kappa shape index (κ1) is 13.3. The van der Waals surface area contributed by atoms with Crippen molar-refractivity contribution in [2.24, 2.45) is 5.73 Å². The standard InChI is InChI=1S/C10H24N2S/c1-4-5-10(11)6-7-12(2)8-9-13-3/h10H,4-9,11H2,1-3H3. The predicted molar refractivity (Wildman–Crippen MR) is 63.4 cm³/mol. The Morgan fingerprint density at radius 3 is 2.54 bits per heavy atom. The summed E-state index contributed by atoms with van der Waals surface area (Å²) in [6.45, 7) is 4.51. The minimum absolute atomic E-state index is 0.404. The molecular weight excluding hydrogens is 180 g/mol. The summed E-state index contributed by atoms with van der Waals surface area (Å²) in [7, 11) is 2.18. The van der Waals surface area contributed by atoms with Crippen LogP contribution in [0.3, 0.4) is 0 Å². The Morgan fingerprint density at radius 1 is 1.31 bits per heavy atom. The summed E-state index contributed by atoms with van der Waals surface area (Å²) in [6.07, 6.45) is 5.65. The number of nitrogens with two attached hydrogens (primary N) is 1. The molecule has 2 N–H and O–H groups in total. The average molecular weight is 204 g/mol. The first-order valence-electron chi connectivity index (χ1n) is 5.13. The van der Waals surface area contributed by atoms with Gasteiger partial charge in [0.1, 0.15) is 0 Å². The maximum absolute atomic E-state index is 5.93. The first-order valence-corrected chi connectivity index (χ1v) is 6.53. The molecule has 2 nitrogen and oxygen atoms in total. The second kappa shape index (κ2) is 8.85. The number of nitrogens with zero attached hydrogens (tertiary/aromatic N) is 1. The van der Waals surface area contributed by atoms with Crippen molar-refractivity contribution >= 4 is 11.8 Å². The van der Waals surface area contributed by atoms with Crippen LogP contribution >= 0.6 is 11.8 Å². The Balaban J connectivity index is 3.29. The van der Waals surface area contributed by atoms with E-state index >= 15 is 0 Å². The van der Waals surface area contributed by atoms with Crippen LogP contribution in [0, 0.1) is 0 Å². The van der Waals surface area contributed by atoms with Crippen LogP contribution < -0.4 is 5.73 Å². The van der Waals surface area contributed by atoms with E-state index < -0.39 is 0 Å². The zero-order valence-electron chi connectivity index (χ0n) is 9.25. The van der Waals surface area contributed by atoms with Gasteiger partial charge in [0.2, 0.25) is 0 Å². The van der Waals surface area contributed by atoms with E-state index in [1.54, 1.807) is 0 Å². The molecule has 0 aliphatic rings. The molecule has 0 bridgehead atoms. The van der Waals surface area contributed by atoms with Crippen molar-refractivity contribution in [3.63, 3.8) is 0 Å². The molecule has 13 heavy (non-hydrogen) atoms. The van der Waals surface area contributed by atoms with Gasteiger partial charge in [-0.05, 0) is 32.7 Å². The van der Waals surface area contributed by atoms with Crippen LogP contribution in [0.5, 0.6) is 0 Å². The highest BCUT2D eigenvalue weighted by atomic mass is 32.2. The van der Waals surface area contributed by atoms with Gasteiger partial charge in [-0.3, -0.25) is 0 Å². The van der Waals surface area contributed by atoms with E-state index in [0.717, 1.165) is 19.4 Å². The SMILES string of the molecule is CCCC(N)CCN(C)CCSC. The summed E-state index contributed by atoms with van der Waals surface area (Å²) >= 11 is 1.90. The van der Waals surface area contributed by atoms with Gasteiger partial charge in [-0.1, -0.05) is 13.3 Å². The maximum atomic E-state index is 5.93. The van der Waals surface area contributed by atoms with E-state index in [9.17, 15) is 0 Å². The number of hydrogen-bond donors (Lipinski definition) is 1. The second-order valence-corrected chi connectivity index (χ2v) is 4.62. The molecule has 0 saturated heterocycles. The van der Waals surface area contributed by atoms with Gasteiger partial charge in [-0.25, -0.2) is 0 Å². The van der Waals surface area contributed by atoms with Crippen molar-refractivity contribution in [2.75, 3.05) is 32.1 Å². The Hall–Kier alpha value is 0.270. The summed E-state index contributed by atoms with van der Waals surface area (Å²) in [5.41, 5.74) is 5.93. The zero-order chi connectivity index (χ0) is 10.1. The van der Waals surface area contributed by atoms with Crippen LogP contribution in [0.1, 0.15) is 26.2 Å². The predicted octanol–water partition coefficient (Wildman–Crippen LogP) is 1.80. The summed E-state index contributed by atoms with van der Waals surface area (Å²) in [5.74, 6) is 1.22. The van der Waals surface area contributed by atoms with Crippen LogP contribution in [-0.4, -0.2) is 43.1 Å². The lowest BCUT2D eigenvalue weighted by molar-refractivity contribution is 0.332. The summed E-state index contributed by atoms with van der Waals surface area (Å²) < 4.78 is 0. The lowest BCUT2D eigenvalue weighted by Gasteiger charge is -2.18. The normalized spacial score (nSPS) is 13.6. The highest BCUT2D eigenvalue weighted by molar-refractivity contribution is 7.98. The van der Waals surface area contributed by atoms with E-state index in [-0.39, 0.29) is 0 Å². The monoisotopic (exact) mass is 204 g/mol. The fourth-order valence-electron chi connectivity index (χ4n) is 1.26. The van der Waals surface area contributed by atoms with Crippen molar-refractivity contribution in [1.29, 1.82) is 0 Å². The molecule has 0 aromatic carbocycles. The molecule has 0 rings (SSSR count). The van der Waals surface area contributed by atoms with Crippen molar-refractivity contribution in [3.05, 3.63) is 0 Å². The van der Waals surface area contributed by atoms with E-state index in [0.29, 0.717) is 6.04 Å². The molecule has 3 heteroatoms. The van der Waals surface area contributed by atoms with Gasteiger partial charge < -0.3 is 10.6 Å². The topological polar surface area (TPSA) is 29.3 Å². The molecule has 0 aliphatic heterocycles. The Bertz CT molecular complexity index is 109. The van der Waals surface area contributed by atoms with E-state index in [4.69, 9.17) is 5.73 Å². The quantitative estimate of drug-likeness (QED) is 0.654. The number of rotatable bonds is 8. The molecule has 1 unspecified atom stereocenters. The van der Waals surface area contributed by atoms with Crippen molar-refractivity contribution in [3.8, 4) is 0 Å². The fraction of sp³-hybridized carbons (Fsp3) is 1.00. The minimum Gasteiger partial charge on any atom is -0.328 e. The van der Waals surface area contributed by atoms with Crippen molar-refractivity contribution in [2.45, 2.75) is 32.2 Å². The Labute approximate surface area is 87.2 Å². The lowest BCUT2D eigenvalue weighted by atomic mass is 10.1. The van der Waals surface area contributed by atoms with Crippen molar-refractivity contribution < 1.29 is 0 Å². The molecular formula is C10H24N2S. The van der Waals surface area contributed by atoms with Gasteiger partial charge in [0.15, 0.2) is 0 Å². The van der Waals surface area contributed by atoms with Gasteiger partial charge in [-0.15, -0.1) is 0 Å². The highest BCUT2D eigenvalue weighted by Crippen LogP contribution is 2.00. The van der Waals surface area contributed by atoms with Gasteiger partial charge in [-0.2, -0.15) is 11.8 Å². The molecule has 0 aromatic rings. The van der Waals surface area contributed by atoms with Crippen LogP contribution in [0.4, 0.5) is 0 Å². The Kier molecular flexibility index (Phi) is 9.03. The molecule has 0 saturated carbocycles. The molecule has 80 valence electrons. The second-order valence-electron chi connectivity index (χ2n) is 3.63. The van der Waals surface area contributed by atoms with E-state index in [1.807, 2.05) is 11.8 Å². The van der Waals surface area contributed by atoms with Crippen LogP contribution in [0.2, 0.25) is 0 Å². The third-order valence-electron chi connectivity index (χ3n) is 2.22. The van der Waals surface area contributed by atoms with Crippen LogP contribution in [0.15, 0.2) is 0 Å².